The topological polar surface area (TPSA) is 71.7 Å². The predicted molar refractivity (Wildman–Crippen MR) is 105 cm³/mol. The number of ether oxygens (including phenoxy) is 1. The molecule has 148 valence electrons. The van der Waals surface area contributed by atoms with E-state index < -0.39 is 0 Å². The zero-order chi connectivity index (χ0) is 19.9. The van der Waals surface area contributed by atoms with Gasteiger partial charge in [-0.1, -0.05) is 20.8 Å². The summed E-state index contributed by atoms with van der Waals surface area (Å²) in [5, 5.41) is 6.54. The maximum Gasteiger partial charge on any atom is 0.226 e. The fourth-order valence-electron chi connectivity index (χ4n) is 2.61. The van der Waals surface area contributed by atoms with Gasteiger partial charge in [0.1, 0.15) is 12.1 Å². The zero-order valence-electron chi connectivity index (χ0n) is 16.7. The van der Waals surface area contributed by atoms with Gasteiger partial charge in [0.25, 0.3) is 0 Å². The average molecular weight is 376 g/mol. The number of methoxy groups -OCH3 is 1. The molecule has 2 N–H and O–H groups in total. The molecule has 0 saturated heterocycles. The van der Waals surface area contributed by atoms with E-state index in [1.54, 1.807) is 32.6 Å². The number of oxazole rings is 1. The summed E-state index contributed by atoms with van der Waals surface area (Å²) in [6.45, 7) is 7.74. The van der Waals surface area contributed by atoms with Gasteiger partial charge >= 0.3 is 0 Å². The summed E-state index contributed by atoms with van der Waals surface area (Å²) >= 11 is 0. The number of nitrogens with one attached hydrogen (secondary N) is 2. The number of hydrogen-bond donors (Lipinski definition) is 2. The van der Waals surface area contributed by atoms with Crippen LogP contribution in [0.25, 0.3) is 11.5 Å². The Bertz CT molecular complexity index is 735. The first kappa shape index (κ1) is 20.9. The van der Waals surface area contributed by atoms with E-state index in [0.717, 1.165) is 11.3 Å². The van der Waals surface area contributed by atoms with E-state index in [4.69, 9.17) is 9.15 Å². The molecule has 0 amide bonds. The van der Waals surface area contributed by atoms with Crippen LogP contribution in [0.5, 0.6) is 0 Å². The highest BCUT2D eigenvalue weighted by Gasteiger charge is 2.24. The van der Waals surface area contributed by atoms with Gasteiger partial charge in [-0.3, -0.25) is 4.99 Å². The van der Waals surface area contributed by atoms with Crippen LogP contribution in [0, 0.1) is 11.2 Å². The molecule has 1 heterocycles. The van der Waals surface area contributed by atoms with Crippen molar-refractivity contribution in [3.63, 3.8) is 0 Å². The predicted octanol–water partition coefficient (Wildman–Crippen LogP) is 3.25. The third-order valence-electron chi connectivity index (χ3n) is 4.25. The third kappa shape index (κ3) is 6.36. The van der Waals surface area contributed by atoms with E-state index in [0.29, 0.717) is 31.4 Å². The molecule has 0 fully saturated rings. The van der Waals surface area contributed by atoms with Crippen LogP contribution in [-0.4, -0.2) is 44.3 Å². The fraction of sp³-hybridized carbons (Fsp3) is 0.500. The Morgan fingerprint density at radius 1 is 1.26 bits per heavy atom. The lowest BCUT2D eigenvalue weighted by Gasteiger charge is -2.30. The van der Waals surface area contributed by atoms with Crippen LogP contribution in [-0.2, 0) is 11.2 Å². The van der Waals surface area contributed by atoms with Crippen molar-refractivity contribution in [2.75, 3.05) is 27.2 Å². The van der Waals surface area contributed by atoms with Gasteiger partial charge in [-0.25, -0.2) is 9.37 Å². The number of halogens is 1. The van der Waals surface area contributed by atoms with Crippen LogP contribution < -0.4 is 10.6 Å². The molecule has 1 unspecified atom stereocenters. The SMILES string of the molecule is CN=C(NCCc1coc(-c2ccc(F)cc2)n1)NCC(OC)C(C)(C)C. The molecule has 2 aromatic rings. The number of rotatable bonds is 7. The van der Waals surface area contributed by atoms with E-state index in [-0.39, 0.29) is 17.3 Å². The third-order valence-corrected chi connectivity index (χ3v) is 4.25. The number of aliphatic imine (C=N–C) groups is 1. The summed E-state index contributed by atoms with van der Waals surface area (Å²) in [4.78, 5) is 8.67. The van der Waals surface area contributed by atoms with E-state index in [2.05, 4.69) is 41.4 Å². The van der Waals surface area contributed by atoms with Gasteiger partial charge in [-0.05, 0) is 29.7 Å². The van der Waals surface area contributed by atoms with E-state index >= 15 is 0 Å². The standard InChI is InChI=1S/C20H29FN4O2/c1-20(2,3)17(26-5)12-24-19(22-4)23-11-10-16-13-27-18(25-16)14-6-8-15(21)9-7-14/h6-9,13,17H,10-12H2,1-5H3,(H2,22,23,24). The van der Waals surface area contributed by atoms with Crippen LogP contribution >= 0.6 is 0 Å². The van der Waals surface area contributed by atoms with Gasteiger partial charge in [0, 0.05) is 39.2 Å². The van der Waals surface area contributed by atoms with Crippen molar-refractivity contribution in [3.05, 3.63) is 42.0 Å². The van der Waals surface area contributed by atoms with Crippen LogP contribution in [0.15, 0.2) is 39.9 Å². The Labute approximate surface area is 160 Å². The number of nitrogens with zero attached hydrogens (tertiary/aromatic N) is 2. The summed E-state index contributed by atoms with van der Waals surface area (Å²) in [5.74, 6) is 0.917. The lowest BCUT2D eigenvalue weighted by atomic mass is 9.89. The maximum atomic E-state index is 13.0. The van der Waals surface area contributed by atoms with Gasteiger partial charge in [0.15, 0.2) is 5.96 Å². The Kier molecular flexibility index (Phi) is 7.36. The molecule has 0 spiro atoms. The second kappa shape index (κ2) is 9.50. The normalized spacial score (nSPS) is 13.5. The van der Waals surface area contributed by atoms with Crippen LogP contribution in [0.4, 0.5) is 4.39 Å². The first-order chi connectivity index (χ1) is 12.8. The number of aromatic nitrogens is 1. The highest BCUT2D eigenvalue weighted by molar-refractivity contribution is 5.79. The van der Waals surface area contributed by atoms with Crippen molar-refractivity contribution in [2.24, 2.45) is 10.4 Å². The molecule has 0 bridgehead atoms. The zero-order valence-corrected chi connectivity index (χ0v) is 16.7. The minimum Gasteiger partial charge on any atom is -0.444 e. The smallest absolute Gasteiger partial charge is 0.226 e. The monoisotopic (exact) mass is 376 g/mol. The molecule has 0 aliphatic carbocycles. The second-order valence-electron chi connectivity index (χ2n) is 7.37. The van der Waals surface area contributed by atoms with Crippen molar-refractivity contribution in [3.8, 4) is 11.5 Å². The Hall–Kier alpha value is -2.41. The molecule has 1 aromatic carbocycles. The molecule has 1 aromatic heterocycles. The largest absolute Gasteiger partial charge is 0.444 e. The Morgan fingerprint density at radius 3 is 2.56 bits per heavy atom. The van der Waals surface area contributed by atoms with E-state index in [1.807, 2.05) is 0 Å². The maximum absolute atomic E-state index is 13.0. The molecular weight excluding hydrogens is 347 g/mol. The van der Waals surface area contributed by atoms with Gasteiger partial charge < -0.3 is 19.8 Å². The average Bonchev–Trinajstić information content (AvgIpc) is 3.09. The number of hydrogen-bond acceptors (Lipinski definition) is 4. The molecular formula is C20H29FN4O2. The highest BCUT2D eigenvalue weighted by atomic mass is 19.1. The molecule has 6 nitrogen and oxygen atoms in total. The van der Waals surface area contributed by atoms with Gasteiger partial charge in [0.2, 0.25) is 5.89 Å². The minimum atomic E-state index is -0.282. The van der Waals surface area contributed by atoms with Crippen molar-refractivity contribution < 1.29 is 13.5 Å². The Morgan fingerprint density at radius 2 is 1.96 bits per heavy atom. The van der Waals surface area contributed by atoms with E-state index in [1.165, 1.54) is 12.1 Å². The summed E-state index contributed by atoms with van der Waals surface area (Å²) in [6, 6.07) is 6.08. The molecule has 2 rings (SSSR count). The van der Waals surface area contributed by atoms with Crippen molar-refractivity contribution in [2.45, 2.75) is 33.3 Å². The molecule has 0 radical (unpaired) electrons. The highest BCUT2D eigenvalue weighted by Crippen LogP contribution is 2.21. The number of benzene rings is 1. The first-order valence-corrected chi connectivity index (χ1v) is 9.01. The van der Waals surface area contributed by atoms with Crippen LogP contribution in [0.1, 0.15) is 26.5 Å². The van der Waals surface area contributed by atoms with Crippen LogP contribution in [0.2, 0.25) is 0 Å². The quantitative estimate of drug-likeness (QED) is 0.573. The summed E-state index contributed by atoms with van der Waals surface area (Å²) in [5.41, 5.74) is 1.61. The van der Waals surface area contributed by atoms with Crippen molar-refractivity contribution in [1.82, 2.24) is 15.6 Å². The molecule has 0 aliphatic rings. The van der Waals surface area contributed by atoms with Gasteiger partial charge in [0.05, 0.1) is 11.8 Å². The molecule has 0 aliphatic heterocycles. The first-order valence-electron chi connectivity index (χ1n) is 9.01. The van der Waals surface area contributed by atoms with Crippen molar-refractivity contribution in [1.29, 1.82) is 0 Å². The lowest BCUT2D eigenvalue weighted by Crippen LogP contribution is -2.45. The van der Waals surface area contributed by atoms with E-state index in [9.17, 15) is 4.39 Å². The fourth-order valence-corrected chi connectivity index (χ4v) is 2.61. The summed E-state index contributed by atoms with van der Waals surface area (Å²) in [7, 11) is 3.45. The molecule has 0 saturated carbocycles. The van der Waals surface area contributed by atoms with Crippen molar-refractivity contribution >= 4 is 5.96 Å². The summed E-state index contributed by atoms with van der Waals surface area (Å²) in [6.07, 6.45) is 2.38. The molecule has 7 heteroatoms. The minimum absolute atomic E-state index is 0.0398. The summed E-state index contributed by atoms with van der Waals surface area (Å²) < 4.78 is 24.0. The van der Waals surface area contributed by atoms with Gasteiger partial charge in [-0.15, -0.1) is 0 Å². The second-order valence-corrected chi connectivity index (χ2v) is 7.37. The molecule has 27 heavy (non-hydrogen) atoms. The number of guanidine groups is 1. The van der Waals surface area contributed by atoms with Crippen LogP contribution in [0.3, 0.4) is 0 Å². The Balaban J connectivity index is 1.82. The molecule has 1 atom stereocenters. The van der Waals surface area contributed by atoms with Gasteiger partial charge in [-0.2, -0.15) is 0 Å². The lowest BCUT2D eigenvalue weighted by molar-refractivity contribution is 0.0205.